The Morgan fingerprint density at radius 1 is 0.550 bits per heavy atom. The van der Waals surface area contributed by atoms with E-state index in [1.54, 1.807) is 29.2 Å². The topological polar surface area (TPSA) is 460 Å². The summed E-state index contributed by atoms with van der Waals surface area (Å²) in [6, 6.07) is 14.4. The van der Waals surface area contributed by atoms with Gasteiger partial charge in [-0.05, 0) is 61.4 Å². The SMILES string of the molecule is NC(N)=NC(N)=NCCCCCCN=C(N)N=C(N)N(c1ccc(Cl)cc1)c1ccc(Cl)cc1.O=C(O)[C@H](O)[C@@H](O)[C@H](O)[C@H](O)CO.O=C(O)[C@H](O)[C@@H](O)[C@H](O)[C@H](O)CO. The van der Waals surface area contributed by atoms with E-state index >= 15 is 0 Å². The molecule has 0 bridgehead atoms. The number of carbonyl (C=O) groups is 2. The molecule has 0 heterocycles. The molecule has 26 heteroatoms. The Morgan fingerprint density at radius 2 is 0.883 bits per heavy atom. The fourth-order valence-corrected chi connectivity index (χ4v) is 4.52. The van der Waals surface area contributed by atoms with Gasteiger partial charge in [-0.25, -0.2) is 9.59 Å². The number of aliphatic hydroxyl groups excluding tert-OH is 10. The van der Waals surface area contributed by atoms with Gasteiger partial charge in [-0.1, -0.05) is 36.0 Å². The molecule has 0 saturated heterocycles. The van der Waals surface area contributed by atoms with E-state index in [4.69, 9.17) is 113 Å². The summed E-state index contributed by atoms with van der Waals surface area (Å²) in [5.41, 5.74) is 29.9. The number of guanidine groups is 4. The van der Waals surface area contributed by atoms with Crippen molar-refractivity contribution in [1.29, 1.82) is 0 Å². The van der Waals surface area contributed by atoms with Crippen LogP contribution in [0, 0.1) is 0 Å². The molecule has 22 N–H and O–H groups in total. The zero-order valence-electron chi connectivity index (χ0n) is 32.0. The number of anilines is 2. The van der Waals surface area contributed by atoms with E-state index in [0.29, 0.717) is 23.1 Å². The highest BCUT2D eigenvalue weighted by Crippen LogP contribution is 2.27. The lowest BCUT2D eigenvalue weighted by molar-refractivity contribution is -0.164. The third kappa shape index (κ3) is 21.3. The van der Waals surface area contributed by atoms with Gasteiger partial charge in [0.2, 0.25) is 17.9 Å². The summed E-state index contributed by atoms with van der Waals surface area (Å²) in [4.78, 5) is 38.2. The summed E-state index contributed by atoms with van der Waals surface area (Å²) in [6.45, 7) is -0.598. The first-order valence-corrected chi connectivity index (χ1v) is 18.3. The van der Waals surface area contributed by atoms with E-state index in [-0.39, 0.29) is 23.8 Å². The molecule has 0 aliphatic carbocycles. The summed E-state index contributed by atoms with van der Waals surface area (Å²) >= 11 is 12.1. The van der Waals surface area contributed by atoms with Crippen molar-refractivity contribution < 1.29 is 70.9 Å². The monoisotopic (exact) mass is 896 g/mol. The molecule has 24 nitrogen and oxygen atoms in total. The second-order valence-corrected chi connectivity index (χ2v) is 13.1. The lowest BCUT2D eigenvalue weighted by atomic mass is 10.0. The highest BCUT2D eigenvalue weighted by atomic mass is 35.5. The highest BCUT2D eigenvalue weighted by molar-refractivity contribution is 6.31. The normalized spacial score (nSPS) is 15.9. The number of rotatable bonds is 19. The number of carboxylic acid groups (broad SMARTS) is 2. The third-order valence-electron chi connectivity index (χ3n) is 7.50. The minimum atomic E-state index is -2.20. The Hall–Kier alpha value is -4.96. The molecule has 0 unspecified atom stereocenters. The van der Waals surface area contributed by atoms with Gasteiger partial charge in [0, 0.05) is 34.5 Å². The van der Waals surface area contributed by atoms with Gasteiger partial charge in [-0.3, -0.25) is 14.9 Å². The first-order chi connectivity index (χ1) is 28.1. The van der Waals surface area contributed by atoms with E-state index in [1.165, 1.54) is 0 Å². The van der Waals surface area contributed by atoms with Crippen molar-refractivity contribution in [1.82, 2.24) is 0 Å². The van der Waals surface area contributed by atoms with Gasteiger partial charge in [-0.15, -0.1) is 0 Å². The molecule has 2 aromatic rings. The van der Waals surface area contributed by atoms with Crippen molar-refractivity contribution in [3.63, 3.8) is 0 Å². The fraction of sp³-hybridized carbons (Fsp3) is 0.471. The Labute approximate surface area is 353 Å². The number of benzene rings is 2. The first kappa shape index (κ1) is 55.0. The van der Waals surface area contributed by atoms with Crippen LogP contribution >= 0.6 is 23.2 Å². The van der Waals surface area contributed by atoms with Crippen LogP contribution in [0.2, 0.25) is 10.0 Å². The van der Waals surface area contributed by atoms with E-state index < -0.39 is 74.0 Å². The van der Waals surface area contributed by atoms with Gasteiger partial charge in [0.25, 0.3) is 0 Å². The maximum atomic E-state index is 10.1. The number of carboxylic acids is 2. The maximum absolute atomic E-state index is 10.1. The number of aliphatic carboxylic acids is 2. The zero-order chi connectivity index (χ0) is 46.1. The number of halogens is 2. The largest absolute Gasteiger partial charge is 0.479 e. The smallest absolute Gasteiger partial charge is 0.335 e. The second kappa shape index (κ2) is 29.3. The van der Waals surface area contributed by atoms with Crippen molar-refractivity contribution in [2.24, 2.45) is 48.6 Å². The average molecular weight is 898 g/mol. The van der Waals surface area contributed by atoms with Crippen molar-refractivity contribution >= 4 is 70.4 Å². The van der Waals surface area contributed by atoms with Crippen molar-refractivity contribution in [3.8, 4) is 0 Å². The number of hydrogen-bond donors (Lipinski definition) is 17. The molecule has 0 amide bonds. The predicted octanol–water partition coefficient (Wildman–Crippen LogP) is -4.08. The standard InChI is InChI=1S/C22H30Cl2N10.2C6H12O7/c23-15-5-9-17(10-6-15)34(18-11-7-16(24)8-12-18)22(29)33-21(28)31-14-4-2-1-3-13-30-20(27)32-19(25)26;2*7-1-2(8)3(9)4(10)5(11)6(12)13/h5-12H,1-4,13-14H2,(H4,28,29,31,33)(H6,25,26,27,30,32);2*2-5,7-11H,1H2,(H,12,13)/t;2*2-,3-,4+,5-/m.11/s1. The van der Waals surface area contributed by atoms with E-state index in [1.807, 2.05) is 24.3 Å². The van der Waals surface area contributed by atoms with Gasteiger partial charge in [0.1, 0.15) is 36.6 Å². The zero-order valence-corrected chi connectivity index (χ0v) is 33.5. The van der Waals surface area contributed by atoms with Crippen LogP contribution in [0.1, 0.15) is 25.7 Å². The van der Waals surface area contributed by atoms with Crippen LogP contribution in [0.5, 0.6) is 0 Å². The lowest BCUT2D eigenvalue weighted by Gasteiger charge is -2.24. The van der Waals surface area contributed by atoms with Gasteiger partial charge in [0.15, 0.2) is 18.2 Å². The maximum Gasteiger partial charge on any atom is 0.335 e. The molecular formula is C34H54Cl2N10O14. The molecule has 0 fully saturated rings. The molecule has 0 radical (unpaired) electrons. The Bertz CT molecular complexity index is 1610. The third-order valence-corrected chi connectivity index (χ3v) is 8.00. The van der Waals surface area contributed by atoms with Gasteiger partial charge >= 0.3 is 11.9 Å². The number of aliphatic imine (C=N–C) groups is 4. The van der Waals surface area contributed by atoms with Crippen molar-refractivity contribution in [2.45, 2.75) is 74.5 Å². The number of hydrogen-bond acceptors (Lipinski definition) is 14. The minimum Gasteiger partial charge on any atom is -0.479 e. The van der Waals surface area contributed by atoms with Crippen LogP contribution in [-0.2, 0) is 9.59 Å². The summed E-state index contributed by atoms with van der Waals surface area (Å²) in [7, 11) is 0. The van der Waals surface area contributed by atoms with Crippen LogP contribution in [0.25, 0.3) is 0 Å². The van der Waals surface area contributed by atoms with E-state index in [2.05, 4.69) is 20.0 Å². The Kier molecular flexibility index (Phi) is 26.9. The van der Waals surface area contributed by atoms with Crippen molar-refractivity contribution in [3.05, 3.63) is 58.6 Å². The molecule has 0 aliphatic heterocycles. The average Bonchev–Trinajstić information content (AvgIpc) is 3.20. The van der Waals surface area contributed by atoms with E-state index in [0.717, 1.165) is 37.1 Å². The van der Waals surface area contributed by atoms with Crippen LogP contribution in [0.4, 0.5) is 11.4 Å². The highest BCUT2D eigenvalue weighted by Gasteiger charge is 2.34. The quantitative estimate of drug-likeness (QED) is 0.0362. The summed E-state index contributed by atoms with van der Waals surface area (Å²) in [5.74, 6) is -3.21. The molecule has 2 rings (SSSR count). The summed E-state index contributed by atoms with van der Waals surface area (Å²) in [6.07, 6.45) is -12.1. The predicted molar refractivity (Wildman–Crippen MR) is 221 cm³/mol. The van der Waals surface area contributed by atoms with Crippen LogP contribution in [-0.4, -0.2) is 172 Å². The molecule has 0 aliphatic rings. The molecule has 338 valence electrons. The number of aliphatic hydroxyl groups is 10. The number of nitrogens with zero attached hydrogens (tertiary/aromatic N) is 5. The van der Waals surface area contributed by atoms with Crippen LogP contribution < -0.4 is 33.6 Å². The van der Waals surface area contributed by atoms with E-state index in [9.17, 15) is 9.59 Å². The number of unbranched alkanes of at least 4 members (excludes halogenated alkanes) is 3. The molecule has 60 heavy (non-hydrogen) atoms. The Morgan fingerprint density at radius 3 is 1.18 bits per heavy atom. The summed E-state index contributed by atoms with van der Waals surface area (Å²) < 4.78 is 0. The number of nitrogens with two attached hydrogens (primary N) is 5. The van der Waals surface area contributed by atoms with Crippen molar-refractivity contribution in [2.75, 3.05) is 31.2 Å². The van der Waals surface area contributed by atoms with Crippen LogP contribution in [0.15, 0.2) is 68.5 Å². The fourth-order valence-electron chi connectivity index (χ4n) is 4.27. The molecule has 0 aromatic heterocycles. The van der Waals surface area contributed by atoms with Gasteiger partial charge < -0.3 is 89.9 Å². The second-order valence-electron chi connectivity index (χ2n) is 12.2. The Balaban J connectivity index is 0.00000110. The van der Waals surface area contributed by atoms with Gasteiger partial charge in [0.05, 0.1) is 13.2 Å². The summed E-state index contributed by atoms with van der Waals surface area (Å²) in [5, 5.41) is 105. The molecule has 0 spiro atoms. The van der Waals surface area contributed by atoms with Gasteiger partial charge in [-0.2, -0.15) is 9.98 Å². The minimum absolute atomic E-state index is 0.0825. The lowest BCUT2D eigenvalue weighted by Crippen LogP contribution is -2.48. The molecule has 8 atom stereocenters. The first-order valence-electron chi connectivity index (χ1n) is 17.6. The molecular weight excluding hydrogens is 843 g/mol. The van der Waals surface area contributed by atoms with Crippen LogP contribution in [0.3, 0.4) is 0 Å². The molecule has 0 saturated carbocycles. The molecule has 2 aromatic carbocycles.